The quantitative estimate of drug-likeness (QED) is 0.0221. The van der Waals surface area contributed by atoms with E-state index in [2.05, 4.69) is 53.2 Å². The summed E-state index contributed by atoms with van der Waals surface area (Å²) in [4.78, 5) is 96.6. The zero-order chi connectivity index (χ0) is 58.7. The molecule has 0 saturated carbocycles. The molecule has 6 aromatic rings. The second kappa shape index (κ2) is 23.4. The van der Waals surface area contributed by atoms with Crippen molar-refractivity contribution in [3.63, 3.8) is 0 Å². The molecule has 3 saturated heterocycles. The van der Waals surface area contributed by atoms with Crippen LogP contribution in [-0.4, -0.2) is 177 Å². The highest BCUT2D eigenvalue weighted by Crippen LogP contribution is 2.68. The summed E-state index contributed by atoms with van der Waals surface area (Å²) in [7, 11) is -22.3. The molecular formula is C36H50F2N15O24P4+. The van der Waals surface area contributed by atoms with Crippen molar-refractivity contribution in [2.45, 2.75) is 87.5 Å². The van der Waals surface area contributed by atoms with Crippen LogP contribution in [0.5, 0.6) is 0 Å². The molecule has 16 atom stereocenters. The molecule has 3 fully saturated rings. The fourth-order valence-corrected chi connectivity index (χ4v) is 13.6. The Bertz CT molecular complexity index is 3610. The van der Waals surface area contributed by atoms with Crippen molar-refractivity contribution < 1.29 is 117 Å². The molecule has 45 heteroatoms. The number of aryl methyl sites for hydroxylation is 1. The number of nitrogens with two attached hydrogens (primary N) is 3. The third kappa shape index (κ3) is 12.9. The van der Waals surface area contributed by atoms with E-state index < -0.39 is 155 Å². The minimum Gasteiger partial charge on any atom is -0.387 e. The maximum absolute atomic E-state index is 13.8. The van der Waals surface area contributed by atoms with Crippen LogP contribution in [0.3, 0.4) is 0 Å². The molecule has 0 amide bonds. The second-order valence-corrected chi connectivity index (χ2v) is 23.8. The molecule has 81 heavy (non-hydrogen) atoms. The number of fused-ring (bicyclic) bond motifs is 3. The van der Waals surface area contributed by atoms with E-state index in [-0.39, 0.29) is 57.8 Å². The summed E-state index contributed by atoms with van der Waals surface area (Å²) in [5.41, 5.74) is 15.4. The Morgan fingerprint density at radius 1 is 0.728 bits per heavy atom. The Kier molecular flexibility index (Phi) is 17.4. The van der Waals surface area contributed by atoms with Crippen LogP contribution in [0.2, 0.25) is 0 Å². The molecule has 3 aliphatic rings. The van der Waals surface area contributed by atoms with E-state index in [0.717, 1.165) is 28.1 Å². The van der Waals surface area contributed by atoms with Crippen LogP contribution in [0.4, 0.5) is 26.5 Å². The van der Waals surface area contributed by atoms with Crippen molar-refractivity contribution in [2.24, 2.45) is 13.0 Å². The number of ether oxygens (including phenoxy) is 5. The number of phosphoric acid groups is 4. The molecule has 9 heterocycles. The van der Waals surface area contributed by atoms with E-state index in [1.54, 1.807) is 0 Å². The van der Waals surface area contributed by atoms with E-state index in [0.29, 0.717) is 0 Å². The number of phosphoric ester groups is 3. The van der Waals surface area contributed by atoms with E-state index in [1.807, 2.05) is 0 Å². The predicted molar refractivity (Wildman–Crippen MR) is 258 cm³/mol. The van der Waals surface area contributed by atoms with Gasteiger partial charge in [-0.05, 0) is 13.3 Å². The maximum Gasteiger partial charge on any atom is 0.490 e. The first kappa shape index (κ1) is 60.3. The van der Waals surface area contributed by atoms with Crippen molar-refractivity contribution in [3.05, 3.63) is 46.0 Å². The molecule has 4 unspecified atom stereocenters. The molecule has 6 aromatic heterocycles. The van der Waals surface area contributed by atoms with Gasteiger partial charge in [-0.1, -0.05) is 4.98 Å². The number of nitrogens with zero attached hydrogens (tertiary/aromatic N) is 10. The summed E-state index contributed by atoms with van der Waals surface area (Å²) in [6, 6.07) is 0. The third-order valence-electron chi connectivity index (χ3n) is 12.5. The molecule has 9 rings (SSSR count). The summed E-state index contributed by atoms with van der Waals surface area (Å²) >= 11 is 0. The zero-order valence-electron chi connectivity index (χ0n) is 41.4. The van der Waals surface area contributed by atoms with Gasteiger partial charge in [0.25, 0.3) is 17.1 Å². The Labute approximate surface area is 448 Å². The average molecular weight is 1240 g/mol. The number of anilines is 3. The van der Waals surface area contributed by atoms with Crippen LogP contribution >= 0.6 is 31.3 Å². The van der Waals surface area contributed by atoms with Gasteiger partial charge >= 0.3 is 43.5 Å². The number of aliphatic hydroxyl groups is 3. The maximum atomic E-state index is 13.8. The summed E-state index contributed by atoms with van der Waals surface area (Å²) in [6.45, 7) is -6.08. The number of halogens is 2. The van der Waals surface area contributed by atoms with E-state index in [4.69, 9.17) is 54.2 Å². The number of nitrogens with one attached hydrogen (secondary N) is 2. The second-order valence-electron chi connectivity index (χ2n) is 17.8. The molecular weight excluding hydrogens is 1190 g/mol. The number of H-pyrrole nitrogens is 2. The predicted octanol–water partition coefficient (Wildman–Crippen LogP) is -2.44. The van der Waals surface area contributed by atoms with Crippen LogP contribution < -0.4 is 32.9 Å². The van der Waals surface area contributed by atoms with Crippen LogP contribution in [0.15, 0.2) is 34.9 Å². The molecule has 39 nitrogen and oxygen atoms in total. The summed E-state index contributed by atoms with van der Waals surface area (Å²) in [5, 5.41) is 33.2. The largest absolute Gasteiger partial charge is 0.490 e. The van der Waals surface area contributed by atoms with Crippen molar-refractivity contribution in [1.29, 1.82) is 0 Å². The summed E-state index contributed by atoms with van der Waals surface area (Å²) < 4.78 is 141. The molecule has 0 spiro atoms. The van der Waals surface area contributed by atoms with Gasteiger partial charge in [-0.2, -0.15) is 22.4 Å². The fourth-order valence-electron chi connectivity index (χ4n) is 9.15. The Morgan fingerprint density at radius 3 is 2.01 bits per heavy atom. The first-order valence-corrected chi connectivity index (χ1v) is 29.3. The van der Waals surface area contributed by atoms with Gasteiger partial charge in [0.2, 0.25) is 17.7 Å². The lowest BCUT2D eigenvalue weighted by atomic mass is 9.95. The molecule has 0 radical (unpaired) electrons. The van der Waals surface area contributed by atoms with Crippen LogP contribution in [0.1, 0.15) is 32.0 Å². The lowest BCUT2D eigenvalue weighted by molar-refractivity contribution is -0.745. The number of nitrogen functional groups attached to an aromatic ring is 3. The highest BCUT2D eigenvalue weighted by molar-refractivity contribution is 7.66. The number of rotatable bonds is 24. The van der Waals surface area contributed by atoms with Gasteiger partial charge in [0, 0.05) is 12.5 Å². The summed E-state index contributed by atoms with van der Waals surface area (Å²) in [5.74, 6) is -2.05. The van der Waals surface area contributed by atoms with E-state index >= 15 is 0 Å². The third-order valence-corrected chi connectivity index (χ3v) is 17.8. The number of imidazole rings is 3. The first-order chi connectivity index (χ1) is 38.1. The number of hydrogen-bond acceptors (Lipinski definition) is 29. The Balaban J connectivity index is 0.883. The number of aromatic amines is 2. The van der Waals surface area contributed by atoms with Crippen molar-refractivity contribution in [2.75, 3.05) is 50.2 Å². The highest BCUT2D eigenvalue weighted by atomic mass is 31.3. The van der Waals surface area contributed by atoms with Gasteiger partial charge in [0.15, 0.2) is 41.4 Å². The molecule has 0 aliphatic carbocycles. The number of aliphatic hydroxyl groups excluding tert-OH is 3. The minimum absolute atomic E-state index is 0.00374. The smallest absolute Gasteiger partial charge is 0.387 e. The standard InChI is InChI=1S/C36H49F2N15O24P4/c1-3-67-24-23(75-78(59,60)69-7-15-21(55)22(56)32(73-15)52-11-45-18-27(52)46-35(40)48-29(18)57)16(74-33(24)51-10-44-17-25(39)42-9-43-26(17)51)8-71-80(63,64)77-81(65,66)76-79(61,62)70-6-14-13(4-5-68-34(37)38)20(54)31(72-14)53-12-50(2)19-28(53)47-36(41)49-30(19)58/h9-16,20-24,31-34,54-56H,3-8H2,1-2H3,(H11-,39,40,41,42,43,46,47,48,49,57,58,59,60,61,62,63,64,65,66)/p+1/t13-,14-,15-,16-,20-,21-,22-,23-,24-,31-,32-,33-/m1/s1. The van der Waals surface area contributed by atoms with Crippen LogP contribution in [-0.2, 0) is 75.7 Å². The lowest BCUT2D eigenvalue weighted by Crippen LogP contribution is -2.45. The van der Waals surface area contributed by atoms with Crippen molar-refractivity contribution >= 4 is 82.5 Å². The molecule has 0 bridgehead atoms. The van der Waals surface area contributed by atoms with Gasteiger partial charge < -0.3 is 75.8 Å². The molecule has 15 N–H and O–H groups in total. The van der Waals surface area contributed by atoms with E-state index in [1.165, 1.54) is 29.4 Å². The van der Waals surface area contributed by atoms with Crippen LogP contribution in [0, 0.1) is 5.92 Å². The van der Waals surface area contributed by atoms with Crippen molar-refractivity contribution in [3.8, 4) is 0 Å². The SMILES string of the molecule is CCO[C@@H]1[C@H](OP(=O)(O)OC[C@H]2O[C@@H](n3cnc4c(=O)[nH]c(N)nc43)[C@H](O)[C@@H]2O)[C@@H](COP(=O)(O)OP(=O)(O)OP(=O)(O)OC[C@H]2O[C@@H]([n+]3cn(C)c4c(=O)[nH]c(N)nc43)[C@H](O)[C@@H]2CCOC(F)F)O[C@H]1n1cnc2c(N)ncnc21. The van der Waals surface area contributed by atoms with Gasteiger partial charge in [-0.3, -0.25) is 51.4 Å². The van der Waals surface area contributed by atoms with Gasteiger partial charge in [0.1, 0.15) is 54.6 Å². The van der Waals surface area contributed by atoms with Gasteiger partial charge in [-0.25, -0.2) is 42.8 Å². The molecule has 3 aliphatic heterocycles. The van der Waals surface area contributed by atoms with Crippen molar-refractivity contribution in [1.82, 2.24) is 53.6 Å². The first-order valence-electron chi connectivity index (χ1n) is 23.4. The fraction of sp³-hybridized carbons (Fsp3) is 0.583. The Morgan fingerprint density at radius 2 is 1.33 bits per heavy atom. The zero-order valence-corrected chi connectivity index (χ0v) is 45.0. The van der Waals surface area contributed by atoms with E-state index in [9.17, 15) is 71.5 Å². The normalized spacial score (nSPS) is 29.2. The minimum atomic E-state index is -6.28. The van der Waals surface area contributed by atoms with Gasteiger partial charge in [-0.15, -0.1) is 0 Å². The lowest BCUT2D eigenvalue weighted by Gasteiger charge is -2.27. The van der Waals surface area contributed by atoms with Gasteiger partial charge in [0.05, 0.1) is 52.2 Å². The topological polar surface area (TPSA) is 551 Å². The number of alkyl halides is 2. The Hall–Kier alpha value is -5.29. The average Bonchev–Trinajstić information content (AvgIpc) is 4.37. The highest BCUT2D eigenvalue weighted by Gasteiger charge is 2.54. The molecule has 0 aromatic carbocycles. The molecule has 446 valence electrons. The van der Waals surface area contributed by atoms with Crippen LogP contribution in [0.25, 0.3) is 33.5 Å². The number of hydrogen-bond donors (Lipinski definition) is 12. The monoisotopic (exact) mass is 1240 g/mol. The summed E-state index contributed by atoms with van der Waals surface area (Å²) in [6.07, 6.45) is -14.2. The number of aromatic nitrogens is 12.